The highest BCUT2D eigenvalue weighted by Crippen LogP contribution is 2.32. The predicted molar refractivity (Wildman–Crippen MR) is 83.4 cm³/mol. The molecule has 1 heterocycles. The molecule has 1 amide bonds. The van der Waals surface area contributed by atoms with Crippen LogP contribution in [-0.4, -0.2) is 37.0 Å². The molecule has 1 atom stereocenters. The molecular weight excluding hydrogens is 248 g/mol. The van der Waals surface area contributed by atoms with E-state index in [1.165, 1.54) is 5.57 Å². The Kier molecular flexibility index (Phi) is 4.10. The van der Waals surface area contributed by atoms with E-state index in [1.54, 1.807) is 0 Å². The Morgan fingerprint density at radius 3 is 2.60 bits per heavy atom. The van der Waals surface area contributed by atoms with Crippen LogP contribution >= 0.6 is 0 Å². The van der Waals surface area contributed by atoms with Crippen molar-refractivity contribution in [3.63, 3.8) is 0 Å². The number of amides is 1. The molecule has 0 bridgehead atoms. The van der Waals surface area contributed by atoms with Crippen LogP contribution in [0.4, 0.5) is 0 Å². The van der Waals surface area contributed by atoms with E-state index in [0.717, 1.165) is 25.9 Å². The predicted octanol–water partition coefficient (Wildman–Crippen LogP) is 2.75. The molecule has 1 N–H and O–H groups in total. The van der Waals surface area contributed by atoms with Crippen molar-refractivity contribution >= 4 is 5.91 Å². The maximum atomic E-state index is 12.6. The van der Waals surface area contributed by atoms with E-state index < -0.39 is 0 Å². The topological polar surface area (TPSA) is 32.3 Å². The van der Waals surface area contributed by atoms with Gasteiger partial charge in [0.25, 0.3) is 0 Å². The van der Waals surface area contributed by atoms with Crippen LogP contribution in [0.2, 0.25) is 0 Å². The van der Waals surface area contributed by atoms with Gasteiger partial charge in [-0.15, -0.1) is 0 Å². The first-order valence-electron chi connectivity index (χ1n) is 7.59. The Hall–Kier alpha value is -1.09. The van der Waals surface area contributed by atoms with Crippen LogP contribution in [0.3, 0.4) is 0 Å². The largest absolute Gasteiger partial charge is 0.337 e. The van der Waals surface area contributed by atoms with Crippen LogP contribution in [-0.2, 0) is 4.79 Å². The highest BCUT2D eigenvalue weighted by molar-refractivity contribution is 5.82. The van der Waals surface area contributed by atoms with Crippen LogP contribution in [0.1, 0.15) is 40.5 Å². The first kappa shape index (κ1) is 15.3. The van der Waals surface area contributed by atoms with Crippen molar-refractivity contribution in [2.24, 2.45) is 10.8 Å². The molecule has 20 heavy (non-hydrogen) atoms. The van der Waals surface area contributed by atoms with Gasteiger partial charge in [-0.1, -0.05) is 45.9 Å². The molecule has 0 aromatic carbocycles. The summed E-state index contributed by atoms with van der Waals surface area (Å²) in [7, 11) is 1.89. The lowest BCUT2D eigenvalue weighted by atomic mass is 9.83. The van der Waals surface area contributed by atoms with Crippen LogP contribution in [0.5, 0.6) is 0 Å². The highest BCUT2D eigenvalue weighted by Gasteiger charge is 2.34. The third kappa shape index (κ3) is 3.51. The summed E-state index contributed by atoms with van der Waals surface area (Å²) in [6.07, 6.45) is 8.63. The summed E-state index contributed by atoms with van der Waals surface area (Å²) in [5.41, 5.74) is 1.61. The Morgan fingerprint density at radius 1 is 1.35 bits per heavy atom. The van der Waals surface area contributed by atoms with Gasteiger partial charge in [0.2, 0.25) is 5.91 Å². The molecule has 2 rings (SSSR count). The number of rotatable bonds is 3. The normalized spacial score (nSPS) is 28.4. The van der Waals surface area contributed by atoms with E-state index in [0.29, 0.717) is 0 Å². The number of carbonyl (C=O) groups is 1. The summed E-state index contributed by atoms with van der Waals surface area (Å²) >= 11 is 0. The standard InChI is InChI=1S/C17H28N2O/c1-16(2)7-6-13(10-16)12-19-9-8-17(3,4)11-14(18-5)15(19)20/h6-7,10,14,18H,8-9,11-12H2,1-5H3. The fourth-order valence-electron chi connectivity index (χ4n) is 3.11. The molecule has 112 valence electrons. The van der Waals surface area contributed by atoms with Crippen molar-refractivity contribution in [3.8, 4) is 0 Å². The van der Waals surface area contributed by atoms with E-state index in [4.69, 9.17) is 0 Å². The van der Waals surface area contributed by atoms with Gasteiger partial charge in [0.15, 0.2) is 0 Å². The van der Waals surface area contributed by atoms with Gasteiger partial charge in [0, 0.05) is 18.5 Å². The number of likely N-dealkylation sites (N-methyl/N-ethyl adjacent to an activating group) is 1. The molecule has 0 saturated carbocycles. The second-order valence-electron chi connectivity index (χ2n) is 7.59. The number of nitrogens with zero attached hydrogens (tertiary/aromatic N) is 1. The number of hydrogen-bond donors (Lipinski definition) is 1. The van der Waals surface area contributed by atoms with Crippen molar-refractivity contribution in [2.75, 3.05) is 20.1 Å². The minimum atomic E-state index is -0.0495. The number of allylic oxidation sites excluding steroid dienone is 2. The molecule has 2 aliphatic rings. The molecule has 1 aliphatic heterocycles. The van der Waals surface area contributed by atoms with Crippen LogP contribution < -0.4 is 5.32 Å². The lowest BCUT2D eigenvalue weighted by Crippen LogP contribution is -2.44. The van der Waals surface area contributed by atoms with Gasteiger partial charge in [-0.2, -0.15) is 0 Å². The number of carbonyl (C=O) groups excluding carboxylic acids is 1. The first-order valence-corrected chi connectivity index (χ1v) is 7.59. The minimum absolute atomic E-state index is 0.0495. The molecule has 1 saturated heterocycles. The first-order chi connectivity index (χ1) is 9.22. The zero-order valence-electron chi connectivity index (χ0n) is 13.5. The quantitative estimate of drug-likeness (QED) is 0.859. The Bertz CT molecular complexity index is 446. The van der Waals surface area contributed by atoms with Crippen LogP contribution in [0.25, 0.3) is 0 Å². The number of nitrogens with one attached hydrogen (secondary N) is 1. The van der Waals surface area contributed by atoms with Gasteiger partial charge in [-0.05, 0) is 30.9 Å². The monoisotopic (exact) mass is 276 g/mol. The van der Waals surface area contributed by atoms with Crippen LogP contribution in [0, 0.1) is 10.8 Å². The van der Waals surface area contributed by atoms with Crippen molar-refractivity contribution in [1.29, 1.82) is 0 Å². The average Bonchev–Trinajstić information content (AvgIpc) is 2.64. The van der Waals surface area contributed by atoms with E-state index in [2.05, 4.69) is 51.2 Å². The molecule has 0 aromatic heterocycles. The fraction of sp³-hybridized carbons (Fsp3) is 0.706. The van der Waals surface area contributed by atoms with Crippen molar-refractivity contribution < 1.29 is 4.79 Å². The molecule has 0 aromatic rings. The Balaban J connectivity index is 2.11. The summed E-state index contributed by atoms with van der Waals surface area (Å²) in [5, 5.41) is 3.19. The third-order valence-electron chi connectivity index (χ3n) is 4.43. The van der Waals surface area contributed by atoms with Crippen molar-refractivity contribution in [1.82, 2.24) is 10.2 Å². The second-order valence-corrected chi connectivity index (χ2v) is 7.59. The molecule has 1 unspecified atom stereocenters. The summed E-state index contributed by atoms with van der Waals surface area (Å²) in [6, 6.07) is -0.0495. The maximum Gasteiger partial charge on any atom is 0.240 e. The molecule has 3 nitrogen and oxygen atoms in total. The summed E-state index contributed by atoms with van der Waals surface area (Å²) in [6.45, 7) is 10.5. The van der Waals surface area contributed by atoms with Crippen molar-refractivity contribution in [2.45, 2.75) is 46.6 Å². The van der Waals surface area contributed by atoms with Gasteiger partial charge in [0.1, 0.15) is 0 Å². The molecule has 0 spiro atoms. The number of hydrogen-bond acceptors (Lipinski definition) is 2. The van der Waals surface area contributed by atoms with Gasteiger partial charge in [-0.3, -0.25) is 4.79 Å². The maximum absolute atomic E-state index is 12.6. The van der Waals surface area contributed by atoms with E-state index >= 15 is 0 Å². The second kappa shape index (κ2) is 5.36. The smallest absolute Gasteiger partial charge is 0.240 e. The zero-order valence-corrected chi connectivity index (χ0v) is 13.5. The van der Waals surface area contributed by atoms with E-state index in [1.807, 2.05) is 11.9 Å². The van der Waals surface area contributed by atoms with E-state index in [-0.39, 0.29) is 22.8 Å². The average molecular weight is 276 g/mol. The molecule has 1 aliphatic carbocycles. The third-order valence-corrected chi connectivity index (χ3v) is 4.43. The van der Waals surface area contributed by atoms with Gasteiger partial charge in [0.05, 0.1) is 6.04 Å². The van der Waals surface area contributed by atoms with E-state index in [9.17, 15) is 4.79 Å². The van der Waals surface area contributed by atoms with Gasteiger partial charge in [-0.25, -0.2) is 0 Å². The fourth-order valence-corrected chi connectivity index (χ4v) is 3.11. The minimum Gasteiger partial charge on any atom is -0.337 e. The summed E-state index contributed by atoms with van der Waals surface area (Å²) in [4.78, 5) is 14.6. The Labute approximate surface area is 123 Å². The zero-order chi connectivity index (χ0) is 15.0. The molecule has 1 fully saturated rings. The molecular formula is C17H28N2O. The highest BCUT2D eigenvalue weighted by atomic mass is 16.2. The summed E-state index contributed by atoms with van der Waals surface area (Å²) < 4.78 is 0. The molecule has 0 radical (unpaired) electrons. The van der Waals surface area contributed by atoms with Crippen LogP contribution in [0.15, 0.2) is 23.8 Å². The lowest BCUT2D eigenvalue weighted by Gasteiger charge is -2.24. The van der Waals surface area contributed by atoms with Gasteiger partial charge >= 0.3 is 0 Å². The molecule has 3 heteroatoms. The van der Waals surface area contributed by atoms with Gasteiger partial charge < -0.3 is 10.2 Å². The Morgan fingerprint density at radius 2 is 2.05 bits per heavy atom. The SMILES string of the molecule is CNC1CC(C)(C)CCN(CC2=CC(C)(C)C=C2)C1=O. The number of likely N-dealkylation sites (tertiary alicyclic amines) is 1. The lowest BCUT2D eigenvalue weighted by molar-refractivity contribution is -0.132. The van der Waals surface area contributed by atoms with Crippen molar-refractivity contribution in [3.05, 3.63) is 23.8 Å². The summed E-state index contributed by atoms with van der Waals surface area (Å²) in [5.74, 6) is 0.247.